The van der Waals surface area contributed by atoms with Gasteiger partial charge in [-0.15, -0.1) is 0 Å². The molecule has 276 valence electrons. The molecule has 0 aromatic rings. The maximum atomic E-state index is 12.5. The molecule has 0 aromatic heterocycles. The van der Waals surface area contributed by atoms with Gasteiger partial charge in [0.25, 0.3) is 0 Å². The second-order valence-corrected chi connectivity index (χ2v) is 13.9. The molecule has 47 heavy (non-hydrogen) atoms. The van der Waals surface area contributed by atoms with Crippen LogP contribution in [0, 0.1) is 0 Å². The van der Waals surface area contributed by atoms with E-state index in [1.54, 1.807) is 0 Å². The van der Waals surface area contributed by atoms with Gasteiger partial charge in [-0.1, -0.05) is 141 Å². The van der Waals surface area contributed by atoms with Gasteiger partial charge in [0.15, 0.2) is 6.10 Å². The number of phosphoric ester groups is 1. The summed E-state index contributed by atoms with van der Waals surface area (Å²) in [5.41, 5.74) is 5.32. The van der Waals surface area contributed by atoms with Gasteiger partial charge >= 0.3 is 19.8 Å². The van der Waals surface area contributed by atoms with Crippen LogP contribution in [0.5, 0.6) is 0 Å². The number of carbonyl (C=O) groups excluding carboxylic acids is 2. The molecule has 0 spiro atoms. The fourth-order valence-electron chi connectivity index (χ4n) is 5.00. The lowest BCUT2D eigenvalue weighted by molar-refractivity contribution is -0.161. The Morgan fingerprint density at radius 3 is 1.68 bits per heavy atom. The molecule has 0 rings (SSSR count). The lowest BCUT2D eigenvalue weighted by atomic mass is 10.0. The van der Waals surface area contributed by atoms with E-state index in [2.05, 4.69) is 38.2 Å². The van der Waals surface area contributed by atoms with Crippen molar-refractivity contribution < 1.29 is 37.6 Å². The van der Waals surface area contributed by atoms with Crippen molar-refractivity contribution in [2.45, 2.75) is 174 Å². The topological polar surface area (TPSA) is 134 Å². The number of ether oxygens (including phenoxy) is 2. The first-order valence-corrected chi connectivity index (χ1v) is 20.3. The predicted octanol–water partition coefficient (Wildman–Crippen LogP) is 10.0. The molecule has 0 aliphatic heterocycles. The summed E-state index contributed by atoms with van der Waals surface area (Å²) < 4.78 is 32.6. The standard InChI is InChI=1S/C37H70NO8P/c1-3-5-7-9-11-13-15-17-18-20-22-24-26-28-30-37(40)46-35(34-45-47(41,42)44-32-31-38)33-43-36(39)29-27-25-23-21-19-16-14-12-10-8-6-4-2/h9,11,15,17,35H,3-8,10,12-14,16,18-34,38H2,1-2H3,(H,41,42)/b11-9-,17-15-/t35-/m1/s1. The summed E-state index contributed by atoms with van der Waals surface area (Å²) in [5, 5.41) is 0. The molecule has 9 nitrogen and oxygen atoms in total. The van der Waals surface area contributed by atoms with Crippen LogP contribution in [0.25, 0.3) is 0 Å². The molecular weight excluding hydrogens is 617 g/mol. The fraction of sp³-hybridized carbons (Fsp3) is 0.838. The molecule has 1 unspecified atom stereocenters. The molecule has 3 N–H and O–H groups in total. The van der Waals surface area contributed by atoms with Crippen LogP contribution in [0.3, 0.4) is 0 Å². The first-order chi connectivity index (χ1) is 22.8. The third kappa shape index (κ3) is 34.2. The highest BCUT2D eigenvalue weighted by Gasteiger charge is 2.25. The maximum absolute atomic E-state index is 12.5. The number of carbonyl (C=O) groups is 2. The average Bonchev–Trinajstić information content (AvgIpc) is 3.05. The Balaban J connectivity index is 4.25. The van der Waals surface area contributed by atoms with Crippen molar-refractivity contribution in [1.29, 1.82) is 0 Å². The molecule has 0 bridgehead atoms. The van der Waals surface area contributed by atoms with E-state index in [9.17, 15) is 19.0 Å². The van der Waals surface area contributed by atoms with Crippen molar-refractivity contribution in [3.8, 4) is 0 Å². The third-order valence-electron chi connectivity index (χ3n) is 7.84. The molecule has 0 saturated heterocycles. The summed E-state index contributed by atoms with van der Waals surface area (Å²) in [6.45, 7) is 3.66. The van der Waals surface area contributed by atoms with Crippen molar-refractivity contribution >= 4 is 19.8 Å². The smallest absolute Gasteiger partial charge is 0.462 e. The maximum Gasteiger partial charge on any atom is 0.472 e. The minimum atomic E-state index is -4.37. The predicted molar refractivity (Wildman–Crippen MR) is 192 cm³/mol. The molecule has 0 fully saturated rings. The summed E-state index contributed by atoms with van der Waals surface area (Å²) >= 11 is 0. The Kier molecular flexibility index (Phi) is 33.3. The summed E-state index contributed by atoms with van der Waals surface area (Å²) in [4.78, 5) is 34.7. The van der Waals surface area contributed by atoms with Crippen molar-refractivity contribution in [3.05, 3.63) is 24.3 Å². The molecule has 0 aliphatic rings. The largest absolute Gasteiger partial charge is 0.472 e. The number of allylic oxidation sites excluding steroid dienone is 4. The zero-order valence-electron chi connectivity index (χ0n) is 30.0. The molecule has 10 heteroatoms. The normalized spacial score (nSPS) is 13.7. The van der Waals surface area contributed by atoms with Gasteiger partial charge in [0.2, 0.25) is 0 Å². The molecule has 0 heterocycles. The molecule has 0 radical (unpaired) electrons. The molecule has 0 amide bonds. The number of phosphoric acid groups is 1. The second-order valence-electron chi connectivity index (χ2n) is 12.4. The van der Waals surface area contributed by atoms with Crippen LogP contribution >= 0.6 is 7.82 Å². The Bertz CT molecular complexity index is 835. The van der Waals surface area contributed by atoms with Crippen molar-refractivity contribution in [1.82, 2.24) is 0 Å². The number of nitrogens with two attached hydrogens (primary N) is 1. The third-order valence-corrected chi connectivity index (χ3v) is 8.82. The summed E-state index contributed by atoms with van der Waals surface area (Å²) in [7, 11) is -4.37. The summed E-state index contributed by atoms with van der Waals surface area (Å²) in [6.07, 6.45) is 33.4. The SMILES string of the molecule is CCCC/C=C\C/C=C\CCCCCCCC(=O)O[C@H](COC(=O)CCCCCCCCCCCCCC)COP(=O)(O)OCCN. The van der Waals surface area contributed by atoms with Gasteiger partial charge < -0.3 is 20.1 Å². The Morgan fingerprint density at radius 2 is 1.13 bits per heavy atom. The van der Waals surface area contributed by atoms with E-state index in [0.29, 0.717) is 6.42 Å². The zero-order chi connectivity index (χ0) is 34.7. The lowest BCUT2D eigenvalue weighted by Gasteiger charge is -2.19. The van der Waals surface area contributed by atoms with Crippen molar-refractivity contribution in [2.75, 3.05) is 26.4 Å². The quantitative estimate of drug-likeness (QED) is 0.0289. The number of hydrogen-bond donors (Lipinski definition) is 2. The van der Waals surface area contributed by atoms with Crippen LogP contribution < -0.4 is 5.73 Å². The highest BCUT2D eigenvalue weighted by molar-refractivity contribution is 7.47. The van der Waals surface area contributed by atoms with Gasteiger partial charge in [0, 0.05) is 19.4 Å². The van der Waals surface area contributed by atoms with Gasteiger partial charge in [-0.05, 0) is 38.5 Å². The number of esters is 2. The highest BCUT2D eigenvalue weighted by atomic mass is 31.2. The highest BCUT2D eigenvalue weighted by Crippen LogP contribution is 2.43. The molecule has 2 atom stereocenters. The molecule has 0 saturated carbocycles. The number of unbranched alkanes of at least 4 members (excludes halogenated alkanes) is 18. The first kappa shape index (κ1) is 45.5. The second kappa shape index (κ2) is 34.4. The zero-order valence-corrected chi connectivity index (χ0v) is 30.9. The fourth-order valence-corrected chi connectivity index (χ4v) is 5.77. The van der Waals surface area contributed by atoms with E-state index < -0.39 is 26.5 Å². The van der Waals surface area contributed by atoms with E-state index in [4.69, 9.17) is 24.3 Å². The Labute approximate surface area is 287 Å². The monoisotopic (exact) mass is 687 g/mol. The van der Waals surface area contributed by atoms with Crippen LogP contribution in [0.15, 0.2) is 24.3 Å². The van der Waals surface area contributed by atoms with Gasteiger partial charge in [-0.25, -0.2) is 4.57 Å². The first-order valence-electron chi connectivity index (χ1n) is 18.8. The van der Waals surface area contributed by atoms with Crippen molar-refractivity contribution in [2.24, 2.45) is 5.73 Å². The minimum absolute atomic E-state index is 0.0521. The molecule has 0 aliphatic carbocycles. The molecule has 0 aromatic carbocycles. The van der Waals surface area contributed by atoms with Crippen LogP contribution in [-0.2, 0) is 32.7 Å². The minimum Gasteiger partial charge on any atom is -0.462 e. The number of rotatable bonds is 35. The summed E-state index contributed by atoms with van der Waals surface area (Å²) in [5.74, 6) is -0.843. The summed E-state index contributed by atoms with van der Waals surface area (Å²) in [6, 6.07) is 0. The van der Waals surface area contributed by atoms with Crippen LogP contribution in [-0.4, -0.2) is 49.3 Å². The van der Waals surface area contributed by atoms with E-state index >= 15 is 0 Å². The lowest BCUT2D eigenvalue weighted by Crippen LogP contribution is -2.29. The van der Waals surface area contributed by atoms with Crippen LogP contribution in [0.1, 0.15) is 168 Å². The molecular formula is C37H70NO8P. The van der Waals surface area contributed by atoms with Crippen LogP contribution in [0.2, 0.25) is 0 Å². The van der Waals surface area contributed by atoms with E-state index in [1.807, 2.05) is 0 Å². The Morgan fingerprint density at radius 1 is 0.638 bits per heavy atom. The van der Waals surface area contributed by atoms with Crippen LogP contribution in [0.4, 0.5) is 0 Å². The van der Waals surface area contributed by atoms with Gasteiger partial charge in [-0.2, -0.15) is 0 Å². The van der Waals surface area contributed by atoms with Gasteiger partial charge in [-0.3, -0.25) is 18.6 Å². The van der Waals surface area contributed by atoms with Crippen molar-refractivity contribution in [3.63, 3.8) is 0 Å². The van der Waals surface area contributed by atoms with E-state index in [0.717, 1.165) is 64.2 Å². The van der Waals surface area contributed by atoms with Gasteiger partial charge in [0.05, 0.1) is 13.2 Å². The van der Waals surface area contributed by atoms with Gasteiger partial charge in [0.1, 0.15) is 6.61 Å². The Hall–Kier alpha value is -1.51. The average molecular weight is 688 g/mol. The number of hydrogen-bond acceptors (Lipinski definition) is 8. The van der Waals surface area contributed by atoms with E-state index in [1.165, 1.54) is 70.6 Å². The van der Waals surface area contributed by atoms with E-state index in [-0.39, 0.29) is 38.6 Å².